The summed E-state index contributed by atoms with van der Waals surface area (Å²) in [7, 11) is 3.94. The van der Waals surface area contributed by atoms with Crippen LogP contribution in [0.4, 0.5) is 5.95 Å². The lowest BCUT2D eigenvalue weighted by Gasteiger charge is -2.17. The fourth-order valence-corrected chi connectivity index (χ4v) is 2.66. The maximum absolute atomic E-state index is 4.44. The third kappa shape index (κ3) is 3.04. The molecule has 0 N–H and O–H groups in total. The number of anilines is 1. The summed E-state index contributed by atoms with van der Waals surface area (Å²) in [4.78, 5) is 6.38. The van der Waals surface area contributed by atoms with E-state index >= 15 is 0 Å². The Balaban J connectivity index is 1.94. The van der Waals surface area contributed by atoms with Crippen LogP contribution in [0.25, 0.3) is 6.08 Å². The molecule has 0 bridgehead atoms. The maximum Gasteiger partial charge on any atom is 0.237 e. The van der Waals surface area contributed by atoms with Gasteiger partial charge in [-0.2, -0.15) is 4.37 Å². The molecule has 1 aromatic heterocycles. The molecule has 1 aromatic rings. The van der Waals surface area contributed by atoms with Crippen molar-refractivity contribution in [2.75, 3.05) is 19.0 Å². The van der Waals surface area contributed by atoms with Crippen molar-refractivity contribution in [2.45, 2.75) is 32.1 Å². The first-order chi connectivity index (χ1) is 7.75. The van der Waals surface area contributed by atoms with Gasteiger partial charge in [0.05, 0.1) is 0 Å². The Bertz CT molecular complexity index is 351. The molecule has 1 aliphatic carbocycles. The van der Waals surface area contributed by atoms with Gasteiger partial charge in [-0.05, 0) is 36.4 Å². The van der Waals surface area contributed by atoms with Gasteiger partial charge in [-0.15, -0.1) is 0 Å². The Kier molecular flexibility index (Phi) is 3.93. The lowest BCUT2D eigenvalue weighted by atomic mass is 9.89. The minimum Gasteiger partial charge on any atom is -0.346 e. The molecule has 3 nitrogen and oxygen atoms in total. The molecule has 1 aliphatic rings. The van der Waals surface area contributed by atoms with Gasteiger partial charge in [0, 0.05) is 14.1 Å². The second-order valence-electron chi connectivity index (χ2n) is 4.58. The number of nitrogens with zero attached hydrogens (tertiary/aromatic N) is 3. The van der Waals surface area contributed by atoms with Gasteiger partial charge in [-0.3, -0.25) is 0 Å². The first-order valence-electron chi connectivity index (χ1n) is 5.95. The van der Waals surface area contributed by atoms with Gasteiger partial charge < -0.3 is 4.90 Å². The first kappa shape index (κ1) is 11.6. The van der Waals surface area contributed by atoms with Crippen LogP contribution in [-0.4, -0.2) is 23.5 Å². The van der Waals surface area contributed by atoms with Crippen molar-refractivity contribution in [3.05, 3.63) is 11.1 Å². The summed E-state index contributed by atoms with van der Waals surface area (Å²) < 4.78 is 4.28. The number of hydrogen-bond donors (Lipinski definition) is 0. The van der Waals surface area contributed by atoms with E-state index in [0.717, 1.165) is 16.9 Å². The minimum atomic E-state index is 0.764. The largest absolute Gasteiger partial charge is 0.346 e. The SMILES string of the molecule is CN(C)c1nsc(C=CC2CCCCC2)n1. The van der Waals surface area contributed by atoms with Crippen LogP contribution >= 0.6 is 11.5 Å². The molecule has 2 rings (SSSR count). The Morgan fingerprint density at radius 2 is 2.00 bits per heavy atom. The lowest BCUT2D eigenvalue weighted by molar-refractivity contribution is 0.420. The molecule has 16 heavy (non-hydrogen) atoms. The van der Waals surface area contributed by atoms with E-state index < -0.39 is 0 Å². The number of hydrogen-bond acceptors (Lipinski definition) is 4. The second-order valence-corrected chi connectivity index (χ2v) is 5.37. The topological polar surface area (TPSA) is 29.0 Å². The van der Waals surface area contributed by atoms with Crippen LogP contribution < -0.4 is 4.90 Å². The molecule has 0 aliphatic heterocycles. The molecule has 88 valence electrons. The summed E-state index contributed by atoms with van der Waals surface area (Å²) >= 11 is 1.48. The van der Waals surface area contributed by atoms with Gasteiger partial charge in [0.25, 0.3) is 0 Å². The summed E-state index contributed by atoms with van der Waals surface area (Å²) in [6.45, 7) is 0. The van der Waals surface area contributed by atoms with E-state index in [1.54, 1.807) is 0 Å². The van der Waals surface area contributed by atoms with Gasteiger partial charge >= 0.3 is 0 Å². The molecule has 4 heteroatoms. The standard InChI is InChI=1S/C12H19N3S/c1-15(2)12-13-11(16-14-12)9-8-10-6-4-3-5-7-10/h8-10H,3-7H2,1-2H3. The van der Waals surface area contributed by atoms with Crippen LogP contribution in [0.2, 0.25) is 0 Å². The highest BCUT2D eigenvalue weighted by molar-refractivity contribution is 7.06. The normalized spacial score (nSPS) is 18.1. The van der Waals surface area contributed by atoms with E-state index in [2.05, 4.69) is 21.5 Å². The van der Waals surface area contributed by atoms with Crippen molar-refractivity contribution in [2.24, 2.45) is 5.92 Å². The highest BCUT2D eigenvalue weighted by Gasteiger charge is 2.10. The van der Waals surface area contributed by atoms with Crippen LogP contribution in [0.15, 0.2) is 6.08 Å². The second kappa shape index (κ2) is 5.43. The predicted octanol–water partition coefficient (Wildman–Crippen LogP) is 3.20. The number of rotatable bonds is 3. The van der Waals surface area contributed by atoms with Gasteiger partial charge in [-0.25, -0.2) is 4.98 Å². The number of allylic oxidation sites excluding steroid dienone is 1. The third-order valence-electron chi connectivity index (χ3n) is 2.99. The van der Waals surface area contributed by atoms with Gasteiger partial charge in [0.15, 0.2) is 0 Å². The molecule has 0 spiro atoms. The molecule has 0 radical (unpaired) electrons. The zero-order valence-corrected chi connectivity index (χ0v) is 10.8. The van der Waals surface area contributed by atoms with E-state index in [0.29, 0.717) is 0 Å². The van der Waals surface area contributed by atoms with Crippen molar-refractivity contribution in [1.29, 1.82) is 0 Å². The first-order valence-corrected chi connectivity index (χ1v) is 6.72. The van der Waals surface area contributed by atoms with E-state index in [1.807, 2.05) is 19.0 Å². The molecule has 0 saturated heterocycles. The molecule has 0 atom stereocenters. The van der Waals surface area contributed by atoms with E-state index in [4.69, 9.17) is 0 Å². The zero-order valence-electron chi connectivity index (χ0n) is 10.0. The van der Waals surface area contributed by atoms with E-state index in [9.17, 15) is 0 Å². The average Bonchev–Trinajstić information content (AvgIpc) is 2.76. The van der Waals surface area contributed by atoms with Crippen molar-refractivity contribution < 1.29 is 0 Å². The van der Waals surface area contributed by atoms with E-state index in [-0.39, 0.29) is 0 Å². The highest BCUT2D eigenvalue weighted by Crippen LogP contribution is 2.25. The lowest BCUT2D eigenvalue weighted by Crippen LogP contribution is -2.09. The van der Waals surface area contributed by atoms with Crippen molar-refractivity contribution in [3.8, 4) is 0 Å². The molecule has 1 saturated carbocycles. The Morgan fingerprint density at radius 1 is 1.25 bits per heavy atom. The highest BCUT2D eigenvalue weighted by atomic mass is 32.1. The van der Waals surface area contributed by atoms with Crippen molar-refractivity contribution >= 4 is 23.6 Å². The van der Waals surface area contributed by atoms with Crippen LogP contribution in [-0.2, 0) is 0 Å². The number of aromatic nitrogens is 2. The predicted molar refractivity (Wildman–Crippen MR) is 69.8 cm³/mol. The fraction of sp³-hybridized carbons (Fsp3) is 0.667. The molecule has 0 amide bonds. The quantitative estimate of drug-likeness (QED) is 0.808. The summed E-state index contributed by atoms with van der Waals surface area (Å²) in [5.41, 5.74) is 0. The van der Waals surface area contributed by atoms with Crippen molar-refractivity contribution in [1.82, 2.24) is 9.36 Å². The Morgan fingerprint density at radius 3 is 2.62 bits per heavy atom. The smallest absolute Gasteiger partial charge is 0.237 e. The Labute approximate surface area is 101 Å². The van der Waals surface area contributed by atoms with Crippen LogP contribution in [0, 0.1) is 5.92 Å². The van der Waals surface area contributed by atoms with Crippen LogP contribution in [0.5, 0.6) is 0 Å². The molecule has 1 fully saturated rings. The van der Waals surface area contributed by atoms with Crippen LogP contribution in [0.1, 0.15) is 37.1 Å². The van der Waals surface area contributed by atoms with Gasteiger partial charge in [-0.1, -0.05) is 25.3 Å². The summed E-state index contributed by atoms with van der Waals surface area (Å²) in [6.07, 6.45) is 11.3. The summed E-state index contributed by atoms with van der Waals surface area (Å²) in [5.74, 6) is 1.58. The van der Waals surface area contributed by atoms with Gasteiger partial charge in [0.1, 0.15) is 5.01 Å². The molecular weight excluding hydrogens is 218 g/mol. The van der Waals surface area contributed by atoms with Gasteiger partial charge in [0.2, 0.25) is 5.95 Å². The van der Waals surface area contributed by atoms with Crippen molar-refractivity contribution in [3.63, 3.8) is 0 Å². The molecule has 0 unspecified atom stereocenters. The maximum atomic E-state index is 4.44. The monoisotopic (exact) mass is 237 g/mol. The van der Waals surface area contributed by atoms with Crippen LogP contribution in [0.3, 0.4) is 0 Å². The summed E-state index contributed by atoms with van der Waals surface area (Å²) in [5, 5.41) is 1.02. The molecule has 0 aromatic carbocycles. The average molecular weight is 237 g/mol. The fourth-order valence-electron chi connectivity index (χ4n) is 2.02. The minimum absolute atomic E-state index is 0.764. The summed E-state index contributed by atoms with van der Waals surface area (Å²) in [6, 6.07) is 0. The molecular formula is C12H19N3S. The molecule has 1 heterocycles. The Hall–Kier alpha value is -0.900. The third-order valence-corrected chi connectivity index (χ3v) is 3.66. The van der Waals surface area contributed by atoms with E-state index in [1.165, 1.54) is 43.6 Å². The zero-order chi connectivity index (χ0) is 11.4.